The fraction of sp³-hybridized carbons (Fsp3) is 0.462. The number of benzene rings is 1. The summed E-state index contributed by atoms with van der Waals surface area (Å²) in [6, 6.07) is 0. The van der Waals surface area contributed by atoms with Crippen molar-refractivity contribution in [1.29, 1.82) is 0 Å². The molecule has 15 heavy (non-hydrogen) atoms. The summed E-state index contributed by atoms with van der Waals surface area (Å²) in [6.07, 6.45) is 0.434. The Bertz CT molecular complexity index is 445. The fourth-order valence-electron chi connectivity index (χ4n) is 2.25. The largest absolute Gasteiger partial charge is 0.461 e. The molecule has 0 atom stereocenters. The highest BCUT2D eigenvalue weighted by Crippen LogP contribution is 2.30. The zero-order valence-corrected chi connectivity index (χ0v) is 9.73. The van der Waals surface area contributed by atoms with Crippen LogP contribution >= 0.6 is 0 Å². The van der Waals surface area contributed by atoms with Crippen molar-refractivity contribution in [1.82, 2.24) is 0 Å². The van der Waals surface area contributed by atoms with Crippen LogP contribution in [0, 0.1) is 27.7 Å². The Morgan fingerprint density at radius 1 is 0.867 bits per heavy atom. The van der Waals surface area contributed by atoms with Crippen LogP contribution in [0.4, 0.5) is 0 Å². The third-order valence-corrected chi connectivity index (χ3v) is 3.66. The molecule has 0 aromatic heterocycles. The number of rotatable bonds is 0. The maximum absolute atomic E-state index is 11.3. The van der Waals surface area contributed by atoms with Gasteiger partial charge < -0.3 is 4.74 Å². The van der Waals surface area contributed by atoms with Crippen molar-refractivity contribution in [3.05, 3.63) is 33.4 Å². The Balaban J connectivity index is 2.70. The van der Waals surface area contributed by atoms with Crippen LogP contribution < -0.4 is 0 Å². The summed E-state index contributed by atoms with van der Waals surface area (Å²) in [4.78, 5) is 11.3. The summed E-state index contributed by atoms with van der Waals surface area (Å²) < 4.78 is 5.10. The van der Waals surface area contributed by atoms with Gasteiger partial charge in [-0.05, 0) is 61.1 Å². The van der Waals surface area contributed by atoms with Gasteiger partial charge in [-0.25, -0.2) is 0 Å². The first kappa shape index (κ1) is 10.2. The van der Waals surface area contributed by atoms with E-state index in [1.807, 2.05) is 0 Å². The first-order valence-corrected chi connectivity index (χ1v) is 5.26. The van der Waals surface area contributed by atoms with Crippen molar-refractivity contribution >= 4 is 5.97 Å². The van der Waals surface area contributed by atoms with Gasteiger partial charge in [0.25, 0.3) is 0 Å². The molecular weight excluding hydrogens is 188 g/mol. The predicted molar refractivity (Wildman–Crippen MR) is 58.9 cm³/mol. The zero-order chi connectivity index (χ0) is 11.2. The number of hydrogen-bond donors (Lipinski definition) is 0. The molecule has 1 aromatic carbocycles. The molecule has 0 bridgehead atoms. The van der Waals surface area contributed by atoms with Gasteiger partial charge in [0.1, 0.15) is 6.61 Å². The van der Waals surface area contributed by atoms with Gasteiger partial charge in [0.05, 0.1) is 6.42 Å². The maximum atomic E-state index is 11.3. The topological polar surface area (TPSA) is 26.3 Å². The highest BCUT2D eigenvalue weighted by Gasteiger charge is 2.22. The Morgan fingerprint density at radius 2 is 1.40 bits per heavy atom. The monoisotopic (exact) mass is 204 g/mol. The van der Waals surface area contributed by atoms with E-state index in [0.717, 1.165) is 0 Å². The molecule has 1 aromatic rings. The molecule has 2 nitrogen and oxygen atoms in total. The normalized spacial score (nSPS) is 14.8. The molecule has 0 N–H and O–H groups in total. The summed E-state index contributed by atoms with van der Waals surface area (Å²) in [6.45, 7) is 8.91. The third-order valence-electron chi connectivity index (χ3n) is 3.66. The molecule has 0 aliphatic carbocycles. The van der Waals surface area contributed by atoms with Crippen LogP contribution in [0.15, 0.2) is 0 Å². The number of carbonyl (C=O) groups is 1. The summed E-state index contributed by atoms with van der Waals surface area (Å²) >= 11 is 0. The Labute approximate surface area is 90.3 Å². The van der Waals surface area contributed by atoms with E-state index in [-0.39, 0.29) is 5.97 Å². The van der Waals surface area contributed by atoms with Crippen LogP contribution in [0.1, 0.15) is 33.4 Å². The second kappa shape index (κ2) is 3.37. The highest BCUT2D eigenvalue weighted by atomic mass is 16.5. The van der Waals surface area contributed by atoms with E-state index in [9.17, 15) is 4.79 Å². The van der Waals surface area contributed by atoms with Gasteiger partial charge in [0.2, 0.25) is 0 Å². The van der Waals surface area contributed by atoms with Crippen LogP contribution in [0.2, 0.25) is 0 Å². The van der Waals surface area contributed by atoms with Crippen LogP contribution in [0.5, 0.6) is 0 Å². The Hall–Kier alpha value is -1.31. The summed E-state index contributed by atoms with van der Waals surface area (Å²) in [7, 11) is 0. The number of hydrogen-bond acceptors (Lipinski definition) is 2. The average Bonchev–Trinajstić information content (AvgIpc) is 2.23. The smallest absolute Gasteiger partial charge is 0.310 e. The molecule has 1 aliphatic rings. The SMILES string of the molecule is Cc1c(C)c(C)c2c(c1C)COC(=O)C2. The van der Waals surface area contributed by atoms with E-state index in [2.05, 4.69) is 27.7 Å². The third kappa shape index (κ3) is 1.44. The predicted octanol–water partition coefficient (Wildman–Crippen LogP) is 2.52. The van der Waals surface area contributed by atoms with Crippen LogP contribution in [0.3, 0.4) is 0 Å². The second-order valence-electron chi connectivity index (χ2n) is 4.29. The molecule has 80 valence electrons. The first-order valence-electron chi connectivity index (χ1n) is 5.26. The Kier molecular flexibility index (Phi) is 2.29. The van der Waals surface area contributed by atoms with E-state index in [1.54, 1.807) is 0 Å². The molecule has 2 heteroatoms. The molecule has 0 spiro atoms. The lowest BCUT2D eigenvalue weighted by molar-refractivity contribution is -0.145. The number of cyclic esters (lactones) is 1. The molecule has 0 unspecified atom stereocenters. The number of esters is 1. The summed E-state index contributed by atoms with van der Waals surface area (Å²) in [5.74, 6) is -0.103. The summed E-state index contributed by atoms with van der Waals surface area (Å²) in [5.41, 5.74) is 7.57. The van der Waals surface area contributed by atoms with Crippen LogP contribution in [0.25, 0.3) is 0 Å². The van der Waals surface area contributed by atoms with Crippen molar-refractivity contribution in [3.63, 3.8) is 0 Å². The lowest BCUT2D eigenvalue weighted by Gasteiger charge is -2.23. The lowest BCUT2D eigenvalue weighted by atomic mass is 9.87. The molecule has 0 amide bonds. The van der Waals surface area contributed by atoms with Crippen molar-refractivity contribution in [2.24, 2.45) is 0 Å². The summed E-state index contributed by atoms with van der Waals surface area (Å²) in [5, 5.41) is 0. The van der Waals surface area contributed by atoms with Crippen LogP contribution in [-0.2, 0) is 22.6 Å². The van der Waals surface area contributed by atoms with Gasteiger partial charge in [-0.15, -0.1) is 0 Å². The van der Waals surface area contributed by atoms with Gasteiger partial charge in [-0.2, -0.15) is 0 Å². The average molecular weight is 204 g/mol. The molecule has 0 saturated heterocycles. The van der Waals surface area contributed by atoms with Gasteiger partial charge in [-0.3, -0.25) is 4.79 Å². The van der Waals surface area contributed by atoms with Crippen molar-refractivity contribution in [2.45, 2.75) is 40.7 Å². The maximum Gasteiger partial charge on any atom is 0.310 e. The van der Waals surface area contributed by atoms with E-state index >= 15 is 0 Å². The minimum atomic E-state index is -0.103. The zero-order valence-electron chi connectivity index (χ0n) is 9.73. The molecule has 1 heterocycles. The van der Waals surface area contributed by atoms with Gasteiger partial charge in [0, 0.05) is 0 Å². The number of fused-ring (bicyclic) bond motifs is 1. The molecule has 0 saturated carbocycles. The fourth-order valence-corrected chi connectivity index (χ4v) is 2.25. The Morgan fingerprint density at radius 3 is 2.00 bits per heavy atom. The van der Waals surface area contributed by atoms with E-state index < -0.39 is 0 Å². The molecule has 1 aliphatic heterocycles. The van der Waals surface area contributed by atoms with E-state index in [0.29, 0.717) is 13.0 Å². The van der Waals surface area contributed by atoms with Gasteiger partial charge in [-0.1, -0.05) is 0 Å². The molecule has 0 fully saturated rings. The van der Waals surface area contributed by atoms with Crippen LogP contribution in [-0.4, -0.2) is 5.97 Å². The van der Waals surface area contributed by atoms with E-state index in [1.165, 1.54) is 33.4 Å². The quantitative estimate of drug-likeness (QED) is 0.607. The first-order chi connectivity index (χ1) is 7.02. The molecule has 0 radical (unpaired) electrons. The minimum Gasteiger partial charge on any atom is -0.461 e. The van der Waals surface area contributed by atoms with Crippen molar-refractivity contribution in [2.75, 3.05) is 0 Å². The second-order valence-corrected chi connectivity index (χ2v) is 4.29. The van der Waals surface area contributed by atoms with Gasteiger partial charge in [0.15, 0.2) is 0 Å². The lowest BCUT2D eigenvalue weighted by Crippen LogP contribution is -2.20. The standard InChI is InChI=1S/C13H16O2/c1-7-8(2)10(4)12-6-15-13(14)5-11(12)9(7)3/h5-6H2,1-4H3. The molecule has 2 rings (SSSR count). The number of carbonyl (C=O) groups excluding carboxylic acids is 1. The van der Waals surface area contributed by atoms with Gasteiger partial charge >= 0.3 is 5.97 Å². The van der Waals surface area contributed by atoms with Crippen molar-refractivity contribution < 1.29 is 9.53 Å². The highest BCUT2D eigenvalue weighted by molar-refractivity contribution is 5.76. The minimum absolute atomic E-state index is 0.103. The van der Waals surface area contributed by atoms with E-state index in [4.69, 9.17) is 4.74 Å². The molecular formula is C13H16O2. The number of ether oxygens (including phenoxy) is 1. The van der Waals surface area contributed by atoms with Crippen molar-refractivity contribution in [3.8, 4) is 0 Å².